The molecular weight excluding hydrogens is 296 g/mol. The topological polar surface area (TPSA) is 86.7 Å². The number of nitrogens with one attached hydrogen (secondary N) is 1. The van der Waals surface area contributed by atoms with Gasteiger partial charge in [0, 0.05) is 37.7 Å². The van der Waals surface area contributed by atoms with E-state index in [0.717, 1.165) is 36.3 Å². The monoisotopic (exact) mass is 318 g/mol. The van der Waals surface area contributed by atoms with Crippen LogP contribution in [0.25, 0.3) is 0 Å². The van der Waals surface area contributed by atoms with Gasteiger partial charge in [-0.05, 0) is 49.4 Å². The Bertz CT molecular complexity index is 613. The lowest BCUT2D eigenvalue weighted by atomic mass is 10.0. The zero-order chi connectivity index (χ0) is 16.8. The number of fused-ring (bicyclic) bond motifs is 1. The molecule has 0 saturated heterocycles. The van der Waals surface area contributed by atoms with Gasteiger partial charge in [-0.15, -0.1) is 0 Å². The number of benzene rings is 1. The standard InChI is InChI=1S/C17H22N2O4/c1-12(20)19-10-4-5-13-11-14(8-9-15(13)19)18-16(21)6-2-3-7-17(22)23/h8-9,11H,2-7,10H2,1H3,(H,18,21)(H,22,23). The molecule has 0 spiro atoms. The van der Waals surface area contributed by atoms with E-state index in [-0.39, 0.29) is 18.2 Å². The Hall–Kier alpha value is -2.37. The third-order valence-electron chi connectivity index (χ3n) is 3.91. The van der Waals surface area contributed by atoms with Crippen molar-refractivity contribution >= 4 is 29.2 Å². The number of amides is 2. The van der Waals surface area contributed by atoms with E-state index in [4.69, 9.17) is 5.11 Å². The van der Waals surface area contributed by atoms with Crippen LogP contribution in [0.15, 0.2) is 18.2 Å². The second kappa shape index (κ2) is 7.76. The normalized spacial score (nSPS) is 13.3. The van der Waals surface area contributed by atoms with Gasteiger partial charge in [0.05, 0.1) is 0 Å². The minimum atomic E-state index is -0.838. The highest BCUT2D eigenvalue weighted by Gasteiger charge is 2.20. The predicted octanol–water partition coefficient (Wildman–Crippen LogP) is 2.57. The number of carboxylic acid groups (broad SMARTS) is 1. The maximum atomic E-state index is 11.9. The Balaban J connectivity index is 1.93. The number of hydrogen-bond acceptors (Lipinski definition) is 3. The van der Waals surface area contributed by atoms with E-state index in [1.165, 1.54) is 0 Å². The van der Waals surface area contributed by atoms with Crippen molar-refractivity contribution < 1.29 is 19.5 Å². The SMILES string of the molecule is CC(=O)N1CCCc2cc(NC(=O)CCCCC(=O)O)ccc21. The van der Waals surface area contributed by atoms with Crippen molar-refractivity contribution in [1.82, 2.24) is 0 Å². The Morgan fingerprint density at radius 2 is 1.96 bits per heavy atom. The summed E-state index contributed by atoms with van der Waals surface area (Å²) < 4.78 is 0. The van der Waals surface area contributed by atoms with Crippen LogP contribution < -0.4 is 10.2 Å². The molecule has 0 bridgehead atoms. The molecule has 6 nitrogen and oxygen atoms in total. The van der Waals surface area contributed by atoms with Gasteiger partial charge in [-0.2, -0.15) is 0 Å². The van der Waals surface area contributed by atoms with Crippen LogP contribution in [0.1, 0.15) is 44.6 Å². The summed E-state index contributed by atoms with van der Waals surface area (Å²) in [5, 5.41) is 11.4. The largest absolute Gasteiger partial charge is 0.481 e. The lowest BCUT2D eigenvalue weighted by Gasteiger charge is -2.29. The van der Waals surface area contributed by atoms with Crippen LogP contribution in [0.5, 0.6) is 0 Å². The third-order valence-corrected chi connectivity index (χ3v) is 3.91. The molecule has 1 heterocycles. The van der Waals surface area contributed by atoms with E-state index >= 15 is 0 Å². The number of anilines is 2. The molecule has 1 aliphatic heterocycles. The van der Waals surface area contributed by atoms with Crippen molar-refractivity contribution in [2.24, 2.45) is 0 Å². The highest BCUT2D eigenvalue weighted by atomic mass is 16.4. The zero-order valence-electron chi connectivity index (χ0n) is 13.3. The third kappa shape index (κ3) is 4.81. The van der Waals surface area contributed by atoms with Crippen molar-refractivity contribution in [2.75, 3.05) is 16.8 Å². The zero-order valence-corrected chi connectivity index (χ0v) is 13.3. The fourth-order valence-electron chi connectivity index (χ4n) is 2.79. The van der Waals surface area contributed by atoms with Gasteiger partial charge in [-0.25, -0.2) is 0 Å². The van der Waals surface area contributed by atoms with Crippen molar-refractivity contribution in [3.8, 4) is 0 Å². The van der Waals surface area contributed by atoms with Crippen LogP contribution >= 0.6 is 0 Å². The maximum Gasteiger partial charge on any atom is 0.303 e. The summed E-state index contributed by atoms with van der Waals surface area (Å²) in [6.45, 7) is 2.29. The van der Waals surface area contributed by atoms with Crippen LogP contribution in [0.2, 0.25) is 0 Å². The van der Waals surface area contributed by atoms with E-state index in [9.17, 15) is 14.4 Å². The van der Waals surface area contributed by atoms with Gasteiger partial charge < -0.3 is 15.3 Å². The van der Waals surface area contributed by atoms with Crippen molar-refractivity contribution in [3.05, 3.63) is 23.8 Å². The van der Waals surface area contributed by atoms with Crippen molar-refractivity contribution in [2.45, 2.75) is 45.4 Å². The number of carbonyl (C=O) groups excluding carboxylic acids is 2. The molecular formula is C17H22N2O4. The van der Waals surface area contributed by atoms with Crippen molar-refractivity contribution in [1.29, 1.82) is 0 Å². The molecule has 2 rings (SSSR count). The number of aryl methyl sites for hydroxylation is 1. The van der Waals surface area contributed by atoms with Crippen LogP contribution in [-0.2, 0) is 20.8 Å². The lowest BCUT2D eigenvalue weighted by molar-refractivity contribution is -0.137. The summed E-state index contributed by atoms with van der Waals surface area (Å²) in [4.78, 5) is 35.7. The Morgan fingerprint density at radius 1 is 1.22 bits per heavy atom. The van der Waals surface area contributed by atoms with Gasteiger partial charge in [-0.3, -0.25) is 14.4 Å². The van der Waals surface area contributed by atoms with Crippen LogP contribution in [0, 0.1) is 0 Å². The smallest absolute Gasteiger partial charge is 0.303 e. The second-order valence-corrected chi connectivity index (χ2v) is 5.77. The molecule has 2 amide bonds. The Labute approximate surface area is 135 Å². The van der Waals surface area contributed by atoms with E-state index in [1.54, 1.807) is 17.9 Å². The summed E-state index contributed by atoms with van der Waals surface area (Å²) in [6.07, 6.45) is 3.26. The van der Waals surface area contributed by atoms with Gasteiger partial charge in [0.15, 0.2) is 0 Å². The fraction of sp³-hybridized carbons (Fsp3) is 0.471. The molecule has 1 aromatic rings. The quantitative estimate of drug-likeness (QED) is 0.789. The van der Waals surface area contributed by atoms with Crippen LogP contribution in [0.4, 0.5) is 11.4 Å². The van der Waals surface area contributed by atoms with E-state index in [1.807, 2.05) is 12.1 Å². The molecule has 1 aromatic carbocycles. The first-order valence-electron chi connectivity index (χ1n) is 7.90. The Kier molecular flexibility index (Phi) is 5.73. The molecule has 0 fully saturated rings. The average Bonchev–Trinajstić information content (AvgIpc) is 2.50. The maximum absolute atomic E-state index is 11.9. The summed E-state index contributed by atoms with van der Waals surface area (Å²) >= 11 is 0. The highest BCUT2D eigenvalue weighted by molar-refractivity contribution is 5.94. The summed E-state index contributed by atoms with van der Waals surface area (Å²) in [7, 11) is 0. The average molecular weight is 318 g/mol. The van der Waals surface area contributed by atoms with Gasteiger partial charge in [0.1, 0.15) is 0 Å². The summed E-state index contributed by atoms with van der Waals surface area (Å²) in [5.41, 5.74) is 2.70. The second-order valence-electron chi connectivity index (χ2n) is 5.77. The fourth-order valence-corrected chi connectivity index (χ4v) is 2.79. The predicted molar refractivity (Wildman–Crippen MR) is 87.5 cm³/mol. The van der Waals surface area contributed by atoms with E-state index in [2.05, 4.69) is 5.32 Å². The molecule has 0 saturated carbocycles. The number of hydrogen-bond donors (Lipinski definition) is 2. The summed E-state index contributed by atoms with van der Waals surface area (Å²) in [6, 6.07) is 5.59. The molecule has 0 atom stereocenters. The first-order chi connectivity index (χ1) is 11.0. The van der Waals surface area contributed by atoms with Crippen LogP contribution in [0.3, 0.4) is 0 Å². The number of rotatable bonds is 6. The van der Waals surface area contributed by atoms with E-state index < -0.39 is 5.97 Å². The number of aliphatic carboxylic acids is 1. The molecule has 124 valence electrons. The molecule has 0 aliphatic carbocycles. The molecule has 1 aliphatic rings. The number of nitrogens with zero attached hydrogens (tertiary/aromatic N) is 1. The molecule has 23 heavy (non-hydrogen) atoms. The van der Waals surface area contributed by atoms with Crippen molar-refractivity contribution in [3.63, 3.8) is 0 Å². The van der Waals surface area contributed by atoms with Gasteiger partial charge in [-0.1, -0.05) is 0 Å². The van der Waals surface area contributed by atoms with Crippen LogP contribution in [-0.4, -0.2) is 29.4 Å². The minimum absolute atomic E-state index is 0.0289. The molecule has 0 aromatic heterocycles. The first kappa shape index (κ1) is 17.0. The number of carbonyl (C=O) groups is 3. The van der Waals surface area contributed by atoms with Gasteiger partial charge in [0.25, 0.3) is 0 Å². The molecule has 0 radical (unpaired) electrons. The first-order valence-corrected chi connectivity index (χ1v) is 7.90. The minimum Gasteiger partial charge on any atom is -0.481 e. The lowest BCUT2D eigenvalue weighted by Crippen LogP contribution is -2.33. The number of carboxylic acids is 1. The summed E-state index contributed by atoms with van der Waals surface area (Å²) in [5.74, 6) is -0.925. The highest BCUT2D eigenvalue weighted by Crippen LogP contribution is 2.29. The van der Waals surface area contributed by atoms with E-state index in [0.29, 0.717) is 19.3 Å². The van der Waals surface area contributed by atoms with Gasteiger partial charge >= 0.3 is 5.97 Å². The van der Waals surface area contributed by atoms with Gasteiger partial charge in [0.2, 0.25) is 11.8 Å². The molecule has 0 unspecified atom stereocenters. The number of unbranched alkanes of at least 4 members (excludes halogenated alkanes) is 1. The molecule has 6 heteroatoms. The Morgan fingerprint density at radius 3 is 2.65 bits per heavy atom. The molecule has 2 N–H and O–H groups in total.